The summed E-state index contributed by atoms with van der Waals surface area (Å²) < 4.78 is 33.8. The van der Waals surface area contributed by atoms with Crippen molar-refractivity contribution in [1.82, 2.24) is 34.6 Å². The van der Waals surface area contributed by atoms with Crippen molar-refractivity contribution in [3.05, 3.63) is 75.6 Å². The van der Waals surface area contributed by atoms with E-state index in [9.17, 15) is 19.2 Å². The van der Waals surface area contributed by atoms with Crippen LogP contribution in [-0.4, -0.2) is 124 Å². The largest absolute Gasteiger partial charge is 0.385 e. The number of imidazole rings is 1. The topological polar surface area (TPSA) is 165 Å². The first-order chi connectivity index (χ1) is 30.7. The van der Waals surface area contributed by atoms with Gasteiger partial charge in [-0.1, -0.05) is 43.0 Å². The standard InChI is InChI=1S/C43H50ClF2N11O4.C3H6/c1-26-20-30(44)29(21-33(26)56-15-8-37(58)50-41(56)61)40(60)54-18-11-42(12-19-54)9-16-53(17-10-42)35-7-13-52(25-43(35,45)46)24-27-4-3-5-32-28(27)6-14-55(32)36-22-31(48-2)39-49-23-34(38(47)59)57(39)51-36;1-2-3-1/h3-5,20-23,35,48H,6-19,24-25H2,1-2H3,(H2,47,59)(H,50,58,61);1-3H2. The number of halogens is 3. The van der Waals surface area contributed by atoms with Gasteiger partial charge in [-0.15, -0.1) is 5.10 Å². The average molecular weight is 900 g/mol. The van der Waals surface area contributed by atoms with Crippen molar-refractivity contribution in [3.63, 3.8) is 0 Å². The first-order valence-electron chi connectivity index (χ1n) is 22.5. The Morgan fingerprint density at radius 3 is 2.33 bits per heavy atom. The van der Waals surface area contributed by atoms with Crippen LogP contribution in [0.4, 0.5) is 36.5 Å². The molecular weight excluding hydrogens is 844 g/mol. The number of urea groups is 1. The first-order valence-corrected chi connectivity index (χ1v) is 22.9. The Bertz CT molecular complexity index is 2480. The number of aryl methyl sites for hydroxylation is 1. The van der Waals surface area contributed by atoms with Crippen LogP contribution in [0.2, 0.25) is 5.02 Å². The van der Waals surface area contributed by atoms with Crippen molar-refractivity contribution in [2.45, 2.75) is 89.6 Å². The average Bonchev–Trinajstić information content (AvgIpc) is 3.99. The van der Waals surface area contributed by atoms with E-state index in [1.807, 2.05) is 41.0 Å². The summed E-state index contributed by atoms with van der Waals surface area (Å²) in [6, 6.07) is 9.87. The van der Waals surface area contributed by atoms with Crippen LogP contribution in [0.15, 0.2) is 42.6 Å². The van der Waals surface area contributed by atoms with Gasteiger partial charge in [0.15, 0.2) is 11.5 Å². The zero-order valence-corrected chi connectivity index (χ0v) is 37.2. The normalized spacial score (nSPS) is 22.0. The van der Waals surface area contributed by atoms with E-state index in [-0.39, 0.29) is 42.4 Å². The second kappa shape index (κ2) is 17.5. The summed E-state index contributed by atoms with van der Waals surface area (Å²) in [5.41, 5.74) is 11.6. The highest BCUT2D eigenvalue weighted by atomic mass is 35.5. The van der Waals surface area contributed by atoms with Crippen molar-refractivity contribution in [2.75, 3.05) is 74.5 Å². The number of nitrogens with two attached hydrogens (primary N) is 1. The molecule has 0 radical (unpaired) electrons. The summed E-state index contributed by atoms with van der Waals surface area (Å²) in [5, 5.41) is 10.5. The van der Waals surface area contributed by atoms with Crippen LogP contribution in [0, 0.1) is 12.3 Å². The van der Waals surface area contributed by atoms with Crippen molar-refractivity contribution < 1.29 is 28.0 Å². The van der Waals surface area contributed by atoms with Crippen LogP contribution in [0.5, 0.6) is 0 Å². The monoisotopic (exact) mass is 899 g/mol. The smallest absolute Gasteiger partial charge is 0.328 e. The molecule has 1 aliphatic carbocycles. The van der Waals surface area contributed by atoms with Gasteiger partial charge in [0.2, 0.25) is 5.91 Å². The third kappa shape index (κ3) is 8.61. The molecule has 15 nitrogen and oxygen atoms in total. The molecule has 4 aromatic rings. The maximum Gasteiger partial charge on any atom is 0.328 e. The number of alkyl halides is 2. The number of imide groups is 1. The fourth-order valence-electron chi connectivity index (χ4n) is 10.2. The van der Waals surface area contributed by atoms with Gasteiger partial charge in [0, 0.05) is 70.2 Å². The van der Waals surface area contributed by atoms with Gasteiger partial charge in [-0.05, 0) is 98.8 Å². The third-order valence-electron chi connectivity index (χ3n) is 14.0. The number of benzene rings is 2. The Balaban J connectivity index is 0.00000166. The molecule has 1 unspecified atom stereocenters. The summed E-state index contributed by atoms with van der Waals surface area (Å²) >= 11 is 6.59. The Morgan fingerprint density at radius 2 is 1.66 bits per heavy atom. The predicted molar refractivity (Wildman–Crippen MR) is 241 cm³/mol. The molecule has 2 aromatic carbocycles. The number of primary amides is 1. The van der Waals surface area contributed by atoms with Gasteiger partial charge in [0.25, 0.3) is 17.7 Å². The molecule has 340 valence electrons. The minimum Gasteiger partial charge on any atom is -0.385 e. The molecule has 1 saturated carbocycles. The highest BCUT2D eigenvalue weighted by molar-refractivity contribution is 6.34. The summed E-state index contributed by atoms with van der Waals surface area (Å²) in [7, 11) is 1.78. The Labute approximate surface area is 376 Å². The zero-order valence-electron chi connectivity index (χ0n) is 36.5. The van der Waals surface area contributed by atoms with Gasteiger partial charge in [0.05, 0.1) is 35.1 Å². The fraction of sp³-hybridized carbons (Fsp3) is 0.522. The van der Waals surface area contributed by atoms with E-state index in [0.717, 1.165) is 54.5 Å². The number of rotatable bonds is 8. The number of nitrogens with one attached hydrogen (secondary N) is 2. The second-order valence-electron chi connectivity index (χ2n) is 18.3. The molecule has 64 heavy (non-hydrogen) atoms. The Kier molecular flexibility index (Phi) is 12.0. The van der Waals surface area contributed by atoms with Gasteiger partial charge in [-0.25, -0.2) is 23.1 Å². The number of likely N-dealkylation sites (tertiary alicyclic amines) is 3. The maximum absolute atomic E-state index is 16.2. The molecule has 4 N–H and O–H groups in total. The van der Waals surface area contributed by atoms with Gasteiger partial charge < -0.3 is 20.9 Å². The molecule has 7 heterocycles. The SMILES string of the molecule is C1CC1.CNc1cc(N2CCc3c(CN4CCC(N5CCC6(CCN(C(=O)c7cc(N8CCC(=O)NC8=O)c(C)cc7Cl)CC6)CC5)C(F)(F)C4)cccc32)nn2c(C(N)=O)cnc12. The molecule has 10 rings (SSSR count). The van der Waals surface area contributed by atoms with Crippen LogP contribution in [0.25, 0.3) is 5.65 Å². The van der Waals surface area contributed by atoms with Crippen molar-refractivity contribution in [3.8, 4) is 0 Å². The molecular formula is C46H56ClF2N11O4. The van der Waals surface area contributed by atoms with Crippen molar-refractivity contribution in [2.24, 2.45) is 11.1 Å². The lowest BCUT2D eigenvalue weighted by Crippen LogP contribution is -2.60. The van der Waals surface area contributed by atoms with Gasteiger partial charge in [-0.2, -0.15) is 0 Å². The number of fused-ring (bicyclic) bond motifs is 2. The number of anilines is 4. The number of amides is 5. The quantitative estimate of drug-likeness (QED) is 0.181. The molecule has 1 atom stereocenters. The minimum absolute atomic E-state index is 0.00964. The lowest BCUT2D eigenvalue weighted by Gasteiger charge is -2.51. The molecule has 2 aromatic heterocycles. The molecule has 6 aliphatic rings. The number of hydrogen-bond acceptors (Lipinski definition) is 10. The van der Waals surface area contributed by atoms with Crippen LogP contribution < -0.4 is 26.2 Å². The van der Waals surface area contributed by atoms with Gasteiger partial charge >= 0.3 is 6.03 Å². The van der Waals surface area contributed by atoms with E-state index in [2.05, 4.69) is 20.5 Å². The van der Waals surface area contributed by atoms with Crippen LogP contribution in [-0.2, 0) is 17.8 Å². The van der Waals surface area contributed by atoms with Gasteiger partial charge in [0.1, 0.15) is 5.69 Å². The van der Waals surface area contributed by atoms with E-state index >= 15 is 8.78 Å². The highest BCUT2D eigenvalue weighted by Crippen LogP contribution is 2.45. The number of carbonyl (C=O) groups is 4. The molecule has 18 heteroatoms. The van der Waals surface area contributed by atoms with E-state index in [1.165, 1.54) is 34.9 Å². The van der Waals surface area contributed by atoms with Crippen molar-refractivity contribution in [1.29, 1.82) is 0 Å². The van der Waals surface area contributed by atoms with Crippen LogP contribution >= 0.6 is 11.6 Å². The summed E-state index contributed by atoms with van der Waals surface area (Å²) in [6.07, 6.45) is 10.4. The van der Waals surface area contributed by atoms with Crippen molar-refractivity contribution >= 4 is 63.9 Å². The highest BCUT2D eigenvalue weighted by Gasteiger charge is 2.50. The number of aromatic nitrogens is 3. The van der Waals surface area contributed by atoms with E-state index in [1.54, 1.807) is 24.1 Å². The predicted octanol–water partition coefficient (Wildman–Crippen LogP) is 6.37. The summed E-state index contributed by atoms with van der Waals surface area (Å²) in [6.45, 7) is 5.62. The molecule has 0 bridgehead atoms. The zero-order chi connectivity index (χ0) is 44.9. The molecule has 5 fully saturated rings. The Morgan fingerprint density at radius 1 is 0.938 bits per heavy atom. The third-order valence-corrected chi connectivity index (χ3v) is 14.4. The van der Waals surface area contributed by atoms with Crippen LogP contribution in [0.1, 0.15) is 95.3 Å². The summed E-state index contributed by atoms with van der Waals surface area (Å²) in [5.74, 6) is -3.43. The minimum atomic E-state index is -2.88. The lowest BCUT2D eigenvalue weighted by molar-refractivity contribution is -0.139. The second-order valence-corrected chi connectivity index (χ2v) is 18.7. The fourth-order valence-corrected chi connectivity index (χ4v) is 10.5. The van der Waals surface area contributed by atoms with E-state index < -0.39 is 23.9 Å². The van der Waals surface area contributed by atoms with E-state index in [4.69, 9.17) is 22.4 Å². The molecule has 1 spiro atoms. The number of nitrogens with zero attached hydrogens (tertiary/aromatic N) is 8. The number of carbonyl (C=O) groups excluding carboxylic acids is 4. The number of piperidine rings is 3. The molecule has 5 amide bonds. The maximum atomic E-state index is 16.2. The molecule has 5 aliphatic heterocycles. The molecule has 4 saturated heterocycles. The number of hydrogen-bond donors (Lipinski definition) is 3. The van der Waals surface area contributed by atoms with Gasteiger partial charge in [-0.3, -0.25) is 34.4 Å². The van der Waals surface area contributed by atoms with E-state index in [0.29, 0.717) is 85.7 Å². The Hall–Kier alpha value is -5.39. The van der Waals surface area contributed by atoms with Crippen LogP contribution in [0.3, 0.4) is 0 Å². The lowest BCUT2D eigenvalue weighted by atomic mass is 9.70. The summed E-state index contributed by atoms with van der Waals surface area (Å²) in [4.78, 5) is 63.8. The first kappa shape index (κ1) is 43.8.